The number of rotatable bonds is 7. The van der Waals surface area contributed by atoms with Gasteiger partial charge in [0.2, 0.25) is 10.0 Å². The van der Waals surface area contributed by atoms with Crippen molar-refractivity contribution in [3.05, 3.63) is 35.9 Å². The maximum Gasteiger partial charge on any atom is 0.410 e. The lowest BCUT2D eigenvalue weighted by atomic mass is 10.1. The third-order valence-electron chi connectivity index (χ3n) is 4.38. The van der Waals surface area contributed by atoms with E-state index in [0.29, 0.717) is 0 Å². The Labute approximate surface area is 170 Å². The molecule has 1 aliphatic rings. The van der Waals surface area contributed by atoms with E-state index in [1.54, 1.807) is 45.0 Å². The van der Waals surface area contributed by atoms with E-state index in [4.69, 9.17) is 9.47 Å². The fraction of sp³-hybridized carbons (Fsp3) is 0.632. The van der Waals surface area contributed by atoms with Crippen LogP contribution in [0.25, 0.3) is 0 Å². The zero-order chi connectivity index (χ0) is 21.9. The minimum Gasteiger partial charge on any atom is -0.444 e. The van der Waals surface area contributed by atoms with Gasteiger partial charge >= 0.3 is 6.09 Å². The molecule has 29 heavy (non-hydrogen) atoms. The standard InChI is InChI=1S/C19H28F2N2O5S/c1-5-29(25,26)22-15-11-23(17(24)28-18(2,3)4)16(19(15,20)21)13-27-12-14-9-7-6-8-10-14/h6-10,15-16,22H,5,11-13H2,1-4H3/t15-,16-/m1/s1. The second kappa shape index (κ2) is 8.93. The molecule has 1 N–H and O–H groups in total. The molecule has 0 bridgehead atoms. The summed E-state index contributed by atoms with van der Waals surface area (Å²) < 4.78 is 66.5. The van der Waals surface area contributed by atoms with Gasteiger partial charge in [-0.25, -0.2) is 26.7 Å². The molecule has 0 saturated carbocycles. The topological polar surface area (TPSA) is 84.9 Å². The van der Waals surface area contributed by atoms with Gasteiger partial charge in [0.15, 0.2) is 0 Å². The summed E-state index contributed by atoms with van der Waals surface area (Å²) in [6.07, 6.45) is -0.941. The highest BCUT2D eigenvalue weighted by Gasteiger charge is 2.59. The molecule has 0 spiro atoms. The van der Waals surface area contributed by atoms with Crippen molar-refractivity contribution in [2.24, 2.45) is 0 Å². The first-order valence-corrected chi connectivity index (χ1v) is 11.0. The molecule has 2 atom stereocenters. The normalized spacial score (nSPS) is 21.9. The average Bonchev–Trinajstić information content (AvgIpc) is 2.85. The number of sulfonamides is 1. The van der Waals surface area contributed by atoms with Crippen molar-refractivity contribution in [3.63, 3.8) is 0 Å². The first-order chi connectivity index (χ1) is 13.4. The van der Waals surface area contributed by atoms with Gasteiger partial charge in [-0.2, -0.15) is 0 Å². The van der Waals surface area contributed by atoms with E-state index in [9.17, 15) is 13.2 Å². The van der Waals surface area contributed by atoms with Gasteiger partial charge in [0.25, 0.3) is 5.92 Å². The summed E-state index contributed by atoms with van der Waals surface area (Å²) in [5.74, 6) is -3.88. The SMILES string of the molecule is CCS(=O)(=O)N[C@@H]1CN(C(=O)OC(C)(C)C)[C@H](COCc2ccccc2)C1(F)F. The minimum atomic E-state index is -3.89. The monoisotopic (exact) mass is 434 g/mol. The van der Waals surface area contributed by atoms with E-state index < -0.39 is 52.9 Å². The van der Waals surface area contributed by atoms with Crippen LogP contribution >= 0.6 is 0 Å². The van der Waals surface area contributed by atoms with Gasteiger partial charge in [-0.05, 0) is 33.3 Å². The first-order valence-electron chi connectivity index (χ1n) is 9.35. The number of nitrogens with zero attached hydrogens (tertiary/aromatic N) is 1. The van der Waals surface area contributed by atoms with Crippen LogP contribution in [0.5, 0.6) is 0 Å². The summed E-state index contributed by atoms with van der Waals surface area (Å²) in [5, 5.41) is 0. The Morgan fingerprint density at radius 2 is 1.90 bits per heavy atom. The molecule has 1 fully saturated rings. The third-order valence-corrected chi connectivity index (χ3v) is 5.79. The molecule has 0 radical (unpaired) electrons. The quantitative estimate of drug-likeness (QED) is 0.713. The van der Waals surface area contributed by atoms with E-state index in [1.807, 2.05) is 10.8 Å². The number of hydrogen-bond acceptors (Lipinski definition) is 5. The molecule has 1 aliphatic heterocycles. The third kappa shape index (κ3) is 6.35. The largest absolute Gasteiger partial charge is 0.444 e. The molecule has 1 aromatic rings. The molecule has 10 heteroatoms. The van der Waals surface area contributed by atoms with Crippen LogP contribution in [0.4, 0.5) is 13.6 Å². The van der Waals surface area contributed by atoms with Gasteiger partial charge < -0.3 is 9.47 Å². The highest BCUT2D eigenvalue weighted by atomic mass is 32.2. The summed E-state index contributed by atoms with van der Waals surface area (Å²) in [5.41, 5.74) is -0.0936. The minimum absolute atomic E-state index is 0.0843. The smallest absolute Gasteiger partial charge is 0.410 e. The molecule has 0 aliphatic carbocycles. The predicted octanol–water partition coefficient (Wildman–Crippen LogP) is 2.77. The summed E-state index contributed by atoms with van der Waals surface area (Å²) in [6, 6.07) is 5.57. The highest BCUT2D eigenvalue weighted by Crippen LogP contribution is 2.36. The van der Waals surface area contributed by atoms with Crippen molar-refractivity contribution in [2.75, 3.05) is 18.9 Å². The zero-order valence-electron chi connectivity index (χ0n) is 17.0. The van der Waals surface area contributed by atoms with Gasteiger partial charge in [-0.3, -0.25) is 4.90 Å². The van der Waals surface area contributed by atoms with Crippen molar-refractivity contribution in [3.8, 4) is 0 Å². The second-order valence-corrected chi connectivity index (χ2v) is 9.94. The number of carbonyl (C=O) groups is 1. The Morgan fingerprint density at radius 3 is 2.45 bits per heavy atom. The lowest BCUT2D eigenvalue weighted by Crippen LogP contribution is -2.51. The fourth-order valence-electron chi connectivity index (χ4n) is 2.89. The number of alkyl halides is 2. The van der Waals surface area contributed by atoms with Crippen LogP contribution in [-0.4, -0.2) is 61.9 Å². The number of amides is 1. The number of likely N-dealkylation sites (tertiary alicyclic amines) is 1. The first kappa shape index (κ1) is 23.5. The molecule has 1 heterocycles. The van der Waals surface area contributed by atoms with Crippen LogP contribution in [0.2, 0.25) is 0 Å². The van der Waals surface area contributed by atoms with Crippen LogP contribution in [0.1, 0.15) is 33.3 Å². The summed E-state index contributed by atoms with van der Waals surface area (Å²) in [4.78, 5) is 13.4. The second-order valence-electron chi connectivity index (χ2n) is 7.90. The van der Waals surface area contributed by atoms with Crippen molar-refractivity contribution >= 4 is 16.1 Å². The molecule has 1 aromatic carbocycles. The van der Waals surface area contributed by atoms with E-state index in [-0.39, 0.29) is 12.4 Å². The van der Waals surface area contributed by atoms with Gasteiger partial charge in [-0.15, -0.1) is 0 Å². The number of carbonyl (C=O) groups excluding carboxylic acids is 1. The van der Waals surface area contributed by atoms with Crippen molar-refractivity contribution in [2.45, 2.75) is 57.9 Å². The van der Waals surface area contributed by atoms with Gasteiger partial charge in [0.05, 0.1) is 19.0 Å². The molecule has 1 saturated heterocycles. The molecular weight excluding hydrogens is 406 g/mol. The van der Waals surface area contributed by atoms with Crippen LogP contribution in [0.3, 0.4) is 0 Å². The maximum absolute atomic E-state index is 15.1. The molecule has 0 unspecified atom stereocenters. The number of ether oxygens (including phenoxy) is 2. The van der Waals surface area contributed by atoms with Gasteiger partial charge in [0.1, 0.15) is 17.7 Å². The Balaban J connectivity index is 2.19. The number of hydrogen-bond donors (Lipinski definition) is 1. The Bertz CT molecular complexity index is 797. The van der Waals surface area contributed by atoms with E-state index >= 15 is 8.78 Å². The molecule has 7 nitrogen and oxygen atoms in total. The Kier molecular flexibility index (Phi) is 7.23. The summed E-state index contributed by atoms with van der Waals surface area (Å²) >= 11 is 0. The van der Waals surface area contributed by atoms with Gasteiger partial charge in [0, 0.05) is 6.54 Å². The van der Waals surface area contributed by atoms with Crippen LogP contribution in [0.15, 0.2) is 30.3 Å². The Hall–Kier alpha value is -1.78. The zero-order valence-corrected chi connectivity index (χ0v) is 17.8. The summed E-state index contributed by atoms with van der Waals surface area (Å²) in [6.45, 7) is 5.32. The molecule has 164 valence electrons. The fourth-order valence-corrected chi connectivity index (χ4v) is 3.72. The average molecular weight is 435 g/mol. The van der Waals surface area contributed by atoms with Crippen LogP contribution < -0.4 is 4.72 Å². The van der Waals surface area contributed by atoms with E-state index in [0.717, 1.165) is 10.5 Å². The molecule has 2 rings (SSSR count). The van der Waals surface area contributed by atoms with Crippen molar-refractivity contribution < 1.29 is 31.5 Å². The lowest BCUT2D eigenvalue weighted by molar-refractivity contribution is -0.0784. The maximum atomic E-state index is 15.1. The van der Waals surface area contributed by atoms with E-state index in [1.165, 1.54) is 6.92 Å². The Morgan fingerprint density at radius 1 is 1.28 bits per heavy atom. The van der Waals surface area contributed by atoms with Gasteiger partial charge in [-0.1, -0.05) is 30.3 Å². The highest BCUT2D eigenvalue weighted by molar-refractivity contribution is 7.89. The lowest BCUT2D eigenvalue weighted by Gasteiger charge is -2.30. The number of nitrogens with one attached hydrogen (secondary N) is 1. The predicted molar refractivity (Wildman–Crippen MR) is 104 cm³/mol. The van der Waals surface area contributed by atoms with Crippen molar-refractivity contribution in [1.29, 1.82) is 0 Å². The van der Waals surface area contributed by atoms with E-state index in [2.05, 4.69) is 0 Å². The van der Waals surface area contributed by atoms with Crippen molar-refractivity contribution in [1.82, 2.24) is 9.62 Å². The number of benzene rings is 1. The number of halogens is 2. The summed E-state index contributed by atoms with van der Waals surface area (Å²) in [7, 11) is -3.89. The van der Waals surface area contributed by atoms with Crippen LogP contribution in [0, 0.1) is 0 Å². The molecular formula is C19H28F2N2O5S. The molecule has 1 amide bonds. The molecule has 0 aromatic heterocycles. The van der Waals surface area contributed by atoms with Crippen LogP contribution in [-0.2, 0) is 26.1 Å².